The number of aromatic nitrogens is 2. The SMILES string of the molecule is O=c1c2sccc2nc(-c2ccc(-c3cccs3)cc2)n1CCN1CCCCC1. The first kappa shape index (κ1) is 18.7. The fraction of sp³-hybridized carbons (Fsp3) is 0.304. The zero-order chi connectivity index (χ0) is 19.6. The number of piperidine rings is 1. The number of nitrogens with zero attached hydrogens (tertiary/aromatic N) is 3. The molecule has 148 valence electrons. The van der Waals surface area contributed by atoms with E-state index in [9.17, 15) is 4.79 Å². The molecule has 6 heteroatoms. The minimum atomic E-state index is 0.0827. The van der Waals surface area contributed by atoms with Gasteiger partial charge in [0.1, 0.15) is 10.5 Å². The first-order chi connectivity index (χ1) is 14.3. The van der Waals surface area contributed by atoms with E-state index < -0.39 is 0 Å². The number of hydrogen-bond acceptors (Lipinski definition) is 5. The van der Waals surface area contributed by atoms with Crippen molar-refractivity contribution in [2.45, 2.75) is 25.8 Å². The molecule has 1 aliphatic rings. The van der Waals surface area contributed by atoms with Crippen molar-refractivity contribution in [3.05, 3.63) is 63.6 Å². The molecule has 3 aromatic heterocycles. The number of thiophene rings is 2. The van der Waals surface area contributed by atoms with Crippen LogP contribution in [0, 0.1) is 0 Å². The molecule has 0 atom stereocenters. The summed E-state index contributed by atoms with van der Waals surface area (Å²) in [6.07, 6.45) is 3.84. The summed E-state index contributed by atoms with van der Waals surface area (Å²) in [5, 5.41) is 4.05. The third-order valence-electron chi connectivity index (χ3n) is 5.60. The third-order valence-corrected chi connectivity index (χ3v) is 7.41. The van der Waals surface area contributed by atoms with Crippen LogP contribution in [0.25, 0.3) is 32.0 Å². The van der Waals surface area contributed by atoms with Gasteiger partial charge in [0.2, 0.25) is 0 Å². The fourth-order valence-electron chi connectivity index (χ4n) is 4.02. The molecule has 1 aromatic carbocycles. The molecule has 4 aromatic rings. The molecule has 4 nitrogen and oxygen atoms in total. The van der Waals surface area contributed by atoms with Crippen LogP contribution in [-0.2, 0) is 6.54 Å². The Labute approximate surface area is 178 Å². The van der Waals surface area contributed by atoms with Crippen LogP contribution in [0.1, 0.15) is 19.3 Å². The lowest BCUT2D eigenvalue weighted by Crippen LogP contribution is -2.35. The summed E-state index contributed by atoms with van der Waals surface area (Å²) >= 11 is 3.22. The molecule has 29 heavy (non-hydrogen) atoms. The molecular weight excluding hydrogens is 398 g/mol. The van der Waals surface area contributed by atoms with E-state index in [2.05, 4.69) is 46.7 Å². The quantitative estimate of drug-likeness (QED) is 0.437. The van der Waals surface area contributed by atoms with Crippen molar-refractivity contribution in [2.24, 2.45) is 0 Å². The summed E-state index contributed by atoms with van der Waals surface area (Å²) in [4.78, 5) is 21.8. The monoisotopic (exact) mass is 421 g/mol. The molecule has 1 saturated heterocycles. The van der Waals surface area contributed by atoms with Gasteiger partial charge in [0.15, 0.2) is 0 Å². The second kappa shape index (κ2) is 8.22. The predicted octanol–water partition coefficient (Wildman–Crippen LogP) is 5.34. The van der Waals surface area contributed by atoms with Crippen molar-refractivity contribution in [1.82, 2.24) is 14.5 Å². The molecule has 0 spiro atoms. The molecule has 0 N–H and O–H groups in total. The predicted molar refractivity (Wildman–Crippen MR) is 123 cm³/mol. The number of rotatable bonds is 5. The van der Waals surface area contributed by atoms with Gasteiger partial charge >= 0.3 is 0 Å². The molecule has 0 bridgehead atoms. The Morgan fingerprint density at radius 2 is 1.66 bits per heavy atom. The highest BCUT2D eigenvalue weighted by atomic mass is 32.1. The Hall–Kier alpha value is -2.28. The number of likely N-dealkylation sites (tertiary alicyclic amines) is 1. The summed E-state index contributed by atoms with van der Waals surface area (Å²) < 4.78 is 2.63. The molecular formula is C23H23N3OS2. The van der Waals surface area contributed by atoms with Gasteiger partial charge in [-0.2, -0.15) is 0 Å². The molecule has 0 aliphatic carbocycles. The Kier molecular flexibility index (Phi) is 5.31. The summed E-state index contributed by atoms with van der Waals surface area (Å²) in [6, 6.07) is 14.6. The maximum Gasteiger partial charge on any atom is 0.271 e. The molecule has 4 heterocycles. The van der Waals surface area contributed by atoms with E-state index in [0.29, 0.717) is 6.54 Å². The highest BCUT2D eigenvalue weighted by Crippen LogP contribution is 2.28. The highest BCUT2D eigenvalue weighted by molar-refractivity contribution is 7.17. The zero-order valence-electron chi connectivity index (χ0n) is 16.2. The lowest BCUT2D eigenvalue weighted by Gasteiger charge is -2.27. The van der Waals surface area contributed by atoms with E-state index in [-0.39, 0.29) is 5.56 Å². The van der Waals surface area contributed by atoms with E-state index in [1.54, 1.807) is 11.3 Å². The van der Waals surface area contributed by atoms with Crippen LogP contribution in [0.3, 0.4) is 0 Å². The molecule has 0 amide bonds. The van der Waals surface area contributed by atoms with Crippen molar-refractivity contribution in [2.75, 3.05) is 19.6 Å². The van der Waals surface area contributed by atoms with Gasteiger partial charge in [-0.15, -0.1) is 22.7 Å². The molecule has 0 saturated carbocycles. The number of fused-ring (bicyclic) bond motifs is 1. The molecule has 0 radical (unpaired) electrons. The van der Waals surface area contributed by atoms with Crippen LogP contribution in [0.15, 0.2) is 58.0 Å². The van der Waals surface area contributed by atoms with Crippen LogP contribution < -0.4 is 5.56 Å². The summed E-state index contributed by atoms with van der Waals surface area (Å²) in [5.41, 5.74) is 3.07. The molecule has 5 rings (SSSR count). The lowest BCUT2D eigenvalue weighted by molar-refractivity contribution is 0.220. The van der Waals surface area contributed by atoms with Gasteiger partial charge in [-0.25, -0.2) is 4.98 Å². The zero-order valence-corrected chi connectivity index (χ0v) is 17.8. The van der Waals surface area contributed by atoms with Crippen LogP contribution in [0.5, 0.6) is 0 Å². The molecule has 1 aliphatic heterocycles. The summed E-state index contributed by atoms with van der Waals surface area (Å²) in [7, 11) is 0. The summed E-state index contributed by atoms with van der Waals surface area (Å²) in [5.74, 6) is 0.774. The minimum Gasteiger partial charge on any atom is -0.302 e. The van der Waals surface area contributed by atoms with Crippen molar-refractivity contribution in [3.63, 3.8) is 0 Å². The van der Waals surface area contributed by atoms with Crippen LogP contribution in [-0.4, -0.2) is 34.1 Å². The van der Waals surface area contributed by atoms with Crippen LogP contribution in [0.4, 0.5) is 0 Å². The normalized spacial score (nSPS) is 15.2. The van der Waals surface area contributed by atoms with E-state index in [1.165, 1.54) is 41.0 Å². The van der Waals surface area contributed by atoms with Crippen LogP contribution >= 0.6 is 22.7 Å². The van der Waals surface area contributed by atoms with Crippen LogP contribution in [0.2, 0.25) is 0 Å². The molecule has 1 fully saturated rings. The average Bonchev–Trinajstić information content (AvgIpc) is 3.46. The smallest absolute Gasteiger partial charge is 0.271 e. The number of hydrogen-bond donors (Lipinski definition) is 0. The topological polar surface area (TPSA) is 38.1 Å². The van der Waals surface area contributed by atoms with E-state index in [0.717, 1.165) is 41.2 Å². The standard InChI is InChI=1S/C23H23N3OS2/c27-23-21-19(10-16-29-21)24-22(26(23)14-13-25-11-2-1-3-12-25)18-8-6-17(7-9-18)20-5-4-15-28-20/h4-10,15-16H,1-3,11-14H2. The number of benzene rings is 1. The Bertz CT molecular complexity index is 1150. The first-order valence-corrected chi connectivity index (χ1v) is 11.9. The summed E-state index contributed by atoms with van der Waals surface area (Å²) in [6.45, 7) is 3.85. The Morgan fingerprint density at radius 1 is 0.862 bits per heavy atom. The van der Waals surface area contributed by atoms with E-state index in [1.807, 2.05) is 16.0 Å². The van der Waals surface area contributed by atoms with Gasteiger partial charge in [0, 0.05) is 23.5 Å². The molecule has 0 unspecified atom stereocenters. The van der Waals surface area contributed by atoms with E-state index in [4.69, 9.17) is 4.98 Å². The van der Waals surface area contributed by atoms with Gasteiger partial charge < -0.3 is 4.90 Å². The Balaban J connectivity index is 1.52. The van der Waals surface area contributed by atoms with Crippen molar-refractivity contribution in [1.29, 1.82) is 0 Å². The fourth-order valence-corrected chi connectivity index (χ4v) is 5.53. The lowest BCUT2D eigenvalue weighted by atomic mass is 10.1. The van der Waals surface area contributed by atoms with Gasteiger partial charge in [-0.1, -0.05) is 36.8 Å². The second-order valence-corrected chi connectivity index (χ2v) is 9.35. The van der Waals surface area contributed by atoms with E-state index >= 15 is 0 Å². The average molecular weight is 422 g/mol. The maximum absolute atomic E-state index is 13.2. The van der Waals surface area contributed by atoms with Crippen molar-refractivity contribution < 1.29 is 0 Å². The minimum absolute atomic E-state index is 0.0827. The van der Waals surface area contributed by atoms with Gasteiger partial charge in [0.25, 0.3) is 5.56 Å². The second-order valence-electron chi connectivity index (χ2n) is 7.48. The van der Waals surface area contributed by atoms with Gasteiger partial charge in [-0.05, 0) is 54.4 Å². The maximum atomic E-state index is 13.2. The first-order valence-electron chi connectivity index (χ1n) is 10.1. The third kappa shape index (κ3) is 3.80. The van der Waals surface area contributed by atoms with Crippen molar-refractivity contribution >= 4 is 32.9 Å². The highest BCUT2D eigenvalue weighted by Gasteiger charge is 2.16. The Morgan fingerprint density at radius 3 is 2.41 bits per heavy atom. The van der Waals surface area contributed by atoms with Gasteiger partial charge in [-0.3, -0.25) is 9.36 Å². The van der Waals surface area contributed by atoms with Gasteiger partial charge in [0.05, 0.1) is 5.52 Å². The van der Waals surface area contributed by atoms with Crippen molar-refractivity contribution in [3.8, 4) is 21.8 Å². The largest absolute Gasteiger partial charge is 0.302 e.